The van der Waals surface area contributed by atoms with Crippen molar-refractivity contribution in [2.45, 2.75) is 26.9 Å². The molecule has 0 atom stereocenters. The lowest BCUT2D eigenvalue weighted by Gasteiger charge is -2.13. The molecular formula is C19H28N4O. The van der Waals surface area contributed by atoms with Crippen molar-refractivity contribution < 1.29 is 4.74 Å². The van der Waals surface area contributed by atoms with Gasteiger partial charge in [-0.2, -0.15) is 0 Å². The average Bonchev–Trinajstić information content (AvgIpc) is 3.10. The summed E-state index contributed by atoms with van der Waals surface area (Å²) in [5.74, 6) is 2.26. The van der Waals surface area contributed by atoms with Gasteiger partial charge in [-0.1, -0.05) is 26.0 Å². The van der Waals surface area contributed by atoms with Gasteiger partial charge >= 0.3 is 0 Å². The SMILES string of the molecule is CN=C(NCCn1cccc1)NCc1ccc(OCC(C)C)cc1. The van der Waals surface area contributed by atoms with Crippen LogP contribution in [0.4, 0.5) is 0 Å². The third-order valence-corrected chi connectivity index (χ3v) is 3.52. The fourth-order valence-electron chi connectivity index (χ4n) is 2.20. The average molecular weight is 328 g/mol. The predicted octanol–water partition coefficient (Wildman–Crippen LogP) is 2.89. The number of rotatable bonds is 8. The third kappa shape index (κ3) is 6.36. The Kier molecular flexibility index (Phi) is 7.21. The predicted molar refractivity (Wildman–Crippen MR) is 99.4 cm³/mol. The van der Waals surface area contributed by atoms with E-state index in [1.807, 2.05) is 24.3 Å². The molecular weight excluding hydrogens is 300 g/mol. The first-order chi connectivity index (χ1) is 11.7. The first-order valence-electron chi connectivity index (χ1n) is 8.44. The molecule has 2 N–H and O–H groups in total. The summed E-state index contributed by atoms with van der Waals surface area (Å²) in [6, 6.07) is 12.2. The summed E-state index contributed by atoms with van der Waals surface area (Å²) in [5, 5.41) is 6.64. The van der Waals surface area contributed by atoms with Gasteiger partial charge in [0.25, 0.3) is 0 Å². The van der Waals surface area contributed by atoms with Gasteiger partial charge in [-0.25, -0.2) is 0 Å². The maximum atomic E-state index is 5.70. The standard InChI is InChI=1S/C19H28N4O/c1-16(2)15-24-18-8-6-17(7-9-18)14-22-19(20-3)21-10-13-23-11-4-5-12-23/h4-9,11-12,16H,10,13-15H2,1-3H3,(H2,20,21,22). The second-order valence-corrected chi connectivity index (χ2v) is 6.12. The summed E-state index contributed by atoms with van der Waals surface area (Å²) in [5.41, 5.74) is 1.19. The van der Waals surface area contributed by atoms with E-state index >= 15 is 0 Å². The Morgan fingerprint density at radius 2 is 1.83 bits per heavy atom. The van der Waals surface area contributed by atoms with Crippen LogP contribution in [0.25, 0.3) is 0 Å². The van der Waals surface area contributed by atoms with E-state index in [1.54, 1.807) is 7.05 Å². The Hall–Kier alpha value is -2.43. The van der Waals surface area contributed by atoms with Gasteiger partial charge in [-0.05, 0) is 35.7 Å². The molecule has 0 unspecified atom stereocenters. The van der Waals surface area contributed by atoms with Crippen molar-refractivity contribution in [3.63, 3.8) is 0 Å². The molecule has 0 radical (unpaired) electrons. The number of hydrogen-bond acceptors (Lipinski definition) is 2. The molecule has 2 rings (SSSR count). The molecule has 5 heteroatoms. The van der Waals surface area contributed by atoms with Crippen LogP contribution in [-0.2, 0) is 13.1 Å². The van der Waals surface area contributed by atoms with Gasteiger partial charge in [-0.3, -0.25) is 4.99 Å². The number of hydrogen-bond donors (Lipinski definition) is 2. The van der Waals surface area contributed by atoms with E-state index in [-0.39, 0.29) is 0 Å². The number of aliphatic imine (C=N–C) groups is 1. The Bertz CT molecular complexity index is 603. The van der Waals surface area contributed by atoms with Crippen molar-refractivity contribution in [3.8, 4) is 5.75 Å². The van der Waals surface area contributed by atoms with E-state index < -0.39 is 0 Å². The minimum atomic E-state index is 0.535. The monoisotopic (exact) mass is 328 g/mol. The maximum Gasteiger partial charge on any atom is 0.191 e. The second kappa shape index (κ2) is 9.65. The van der Waals surface area contributed by atoms with Crippen molar-refractivity contribution >= 4 is 5.96 Å². The molecule has 0 fully saturated rings. The van der Waals surface area contributed by atoms with Crippen molar-refractivity contribution in [2.75, 3.05) is 20.2 Å². The zero-order valence-corrected chi connectivity index (χ0v) is 14.8. The summed E-state index contributed by atoms with van der Waals surface area (Å²) in [6.45, 7) is 7.51. The number of aromatic nitrogens is 1. The van der Waals surface area contributed by atoms with Crippen LogP contribution in [0.2, 0.25) is 0 Å². The molecule has 1 aromatic heterocycles. The van der Waals surface area contributed by atoms with Crippen LogP contribution in [0.3, 0.4) is 0 Å². The van der Waals surface area contributed by atoms with Crippen LogP contribution in [0.1, 0.15) is 19.4 Å². The Morgan fingerprint density at radius 3 is 2.46 bits per heavy atom. The van der Waals surface area contributed by atoms with E-state index in [1.165, 1.54) is 5.56 Å². The van der Waals surface area contributed by atoms with E-state index in [2.05, 4.69) is 58.6 Å². The van der Waals surface area contributed by atoms with E-state index in [9.17, 15) is 0 Å². The summed E-state index contributed by atoms with van der Waals surface area (Å²) >= 11 is 0. The highest BCUT2D eigenvalue weighted by molar-refractivity contribution is 5.79. The molecule has 0 aliphatic carbocycles. The first-order valence-corrected chi connectivity index (χ1v) is 8.44. The molecule has 1 aromatic carbocycles. The lowest BCUT2D eigenvalue weighted by atomic mass is 10.2. The molecule has 24 heavy (non-hydrogen) atoms. The van der Waals surface area contributed by atoms with Crippen molar-refractivity contribution in [2.24, 2.45) is 10.9 Å². The normalized spacial score (nSPS) is 11.6. The molecule has 0 bridgehead atoms. The Balaban J connectivity index is 1.72. The number of benzene rings is 1. The summed E-state index contributed by atoms with van der Waals surface area (Å²) < 4.78 is 7.83. The van der Waals surface area contributed by atoms with Gasteiger partial charge in [0.2, 0.25) is 0 Å². The van der Waals surface area contributed by atoms with Gasteiger partial charge in [0, 0.05) is 39.1 Å². The van der Waals surface area contributed by atoms with Crippen molar-refractivity contribution in [1.82, 2.24) is 15.2 Å². The van der Waals surface area contributed by atoms with Gasteiger partial charge in [0.1, 0.15) is 5.75 Å². The van der Waals surface area contributed by atoms with Crippen LogP contribution in [0.5, 0.6) is 5.75 Å². The fraction of sp³-hybridized carbons (Fsp3) is 0.421. The lowest BCUT2D eigenvalue weighted by Crippen LogP contribution is -2.38. The van der Waals surface area contributed by atoms with E-state index in [0.29, 0.717) is 5.92 Å². The van der Waals surface area contributed by atoms with Crippen LogP contribution in [-0.4, -0.2) is 30.7 Å². The van der Waals surface area contributed by atoms with Crippen LogP contribution < -0.4 is 15.4 Å². The highest BCUT2D eigenvalue weighted by atomic mass is 16.5. The summed E-state index contributed by atoms with van der Waals surface area (Å²) in [7, 11) is 1.79. The fourth-order valence-corrected chi connectivity index (χ4v) is 2.20. The van der Waals surface area contributed by atoms with Crippen molar-refractivity contribution in [1.29, 1.82) is 0 Å². The van der Waals surface area contributed by atoms with Gasteiger partial charge < -0.3 is 19.9 Å². The Labute approximate surface area is 144 Å². The van der Waals surface area contributed by atoms with Crippen LogP contribution >= 0.6 is 0 Å². The molecule has 0 saturated heterocycles. The lowest BCUT2D eigenvalue weighted by molar-refractivity contribution is 0.271. The maximum absolute atomic E-state index is 5.70. The molecule has 2 aromatic rings. The minimum absolute atomic E-state index is 0.535. The van der Waals surface area contributed by atoms with Crippen LogP contribution in [0.15, 0.2) is 53.8 Å². The summed E-state index contributed by atoms with van der Waals surface area (Å²) in [4.78, 5) is 4.25. The third-order valence-electron chi connectivity index (χ3n) is 3.52. The van der Waals surface area contributed by atoms with Gasteiger partial charge in [0.05, 0.1) is 6.61 Å². The largest absolute Gasteiger partial charge is 0.493 e. The molecule has 1 heterocycles. The topological polar surface area (TPSA) is 50.6 Å². The first kappa shape index (κ1) is 17.9. The smallest absolute Gasteiger partial charge is 0.191 e. The Morgan fingerprint density at radius 1 is 1.12 bits per heavy atom. The molecule has 5 nitrogen and oxygen atoms in total. The molecule has 0 aliphatic heterocycles. The molecule has 0 aliphatic rings. The quantitative estimate of drug-likeness (QED) is 0.579. The zero-order chi connectivity index (χ0) is 17.2. The molecule has 0 amide bonds. The molecule has 0 saturated carbocycles. The van der Waals surface area contributed by atoms with Gasteiger partial charge in [0.15, 0.2) is 5.96 Å². The number of nitrogens with one attached hydrogen (secondary N) is 2. The number of nitrogens with zero attached hydrogens (tertiary/aromatic N) is 2. The highest BCUT2D eigenvalue weighted by Crippen LogP contribution is 2.13. The van der Waals surface area contributed by atoms with E-state index in [4.69, 9.17) is 4.74 Å². The molecule has 0 spiro atoms. The summed E-state index contributed by atoms with van der Waals surface area (Å²) in [6.07, 6.45) is 4.11. The van der Waals surface area contributed by atoms with E-state index in [0.717, 1.165) is 38.0 Å². The second-order valence-electron chi connectivity index (χ2n) is 6.12. The van der Waals surface area contributed by atoms with Crippen molar-refractivity contribution in [3.05, 3.63) is 54.4 Å². The highest BCUT2D eigenvalue weighted by Gasteiger charge is 2.00. The van der Waals surface area contributed by atoms with Gasteiger partial charge in [-0.15, -0.1) is 0 Å². The minimum Gasteiger partial charge on any atom is -0.493 e. The number of guanidine groups is 1. The zero-order valence-electron chi connectivity index (χ0n) is 14.8. The number of ether oxygens (including phenoxy) is 1. The molecule has 130 valence electrons. The van der Waals surface area contributed by atoms with Crippen LogP contribution in [0, 0.1) is 5.92 Å².